The fourth-order valence-electron chi connectivity index (χ4n) is 1.82. The molecule has 2 fully saturated rings. The van der Waals surface area contributed by atoms with Crippen LogP contribution in [0.1, 0.15) is 13.3 Å². The van der Waals surface area contributed by atoms with Crippen LogP contribution in [0.2, 0.25) is 0 Å². The summed E-state index contributed by atoms with van der Waals surface area (Å²) in [6, 6.07) is 0.248. The molecule has 1 atom stereocenters. The standard InChI is InChI=1S/C9H15F2NO/c1-7-2-3-12(6-9(7,10)11)8-4-13-5-8/h7-8H,2-6H2,1H3. The molecule has 0 radical (unpaired) electrons. The molecule has 0 spiro atoms. The first-order valence-electron chi connectivity index (χ1n) is 4.79. The normalized spacial score (nSPS) is 35.8. The molecule has 2 nitrogen and oxygen atoms in total. The van der Waals surface area contributed by atoms with Crippen molar-refractivity contribution in [2.45, 2.75) is 25.3 Å². The van der Waals surface area contributed by atoms with Crippen LogP contribution < -0.4 is 0 Å². The minimum atomic E-state index is -2.51. The Bertz CT molecular complexity index is 194. The highest BCUT2D eigenvalue weighted by atomic mass is 19.3. The van der Waals surface area contributed by atoms with E-state index in [1.54, 1.807) is 6.92 Å². The van der Waals surface area contributed by atoms with Crippen molar-refractivity contribution in [3.8, 4) is 0 Å². The molecule has 0 amide bonds. The lowest BCUT2D eigenvalue weighted by molar-refractivity contribution is -0.149. The van der Waals surface area contributed by atoms with Gasteiger partial charge in [-0.05, 0) is 13.0 Å². The van der Waals surface area contributed by atoms with E-state index in [1.807, 2.05) is 4.90 Å². The topological polar surface area (TPSA) is 12.5 Å². The van der Waals surface area contributed by atoms with Gasteiger partial charge in [-0.25, -0.2) is 8.78 Å². The van der Waals surface area contributed by atoms with Gasteiger partial charge >= 0.3 is 0 Å². The smallest absolute Gasteiger partial charge is 0.263 e. The molecular formula is C9H15F2NO. The maximum absolute atomic E-state index is 13.3. The van der Waals surface area contributed by atoms with Crippen LogP contribution in [-0.2, 0) is 4.74 Å². The first-order chi connectivity index (χ1) is 6.09. The predicted octanol–water partition coefficient (Wildman–Crippen LogP) is 1.36. The molecule has 13 heavy (non-hydrogen) atoms. The van der Waals surface area contributed by atoms with E-state index in [4.69, 9.17) is 4.74 Å². The SMILES string of the molecule is CC1CCN(C2COC2)CC1(F)F. The summed E-state index contributed by atoms with van der Waals surface area (Å²) in [6.45, 7) is 3.61. The quantitative estimate of drug-likeness (QED) is 0.620. The van der Waals surface area contributed by atoms with E-state index in [0.717, 1.165) is 6.54 Å². The number of rotatable bonds is 1. The number of piperidine rings is 1. The van der Waals surface area contributed by atoms with Crippen LogP contribution >= 0.6 is 0 Å². The zero-order valence-corrected chi connectivity index (χ0v) is 7.80. The molecule has 0 aromatic heterocycles. The van der Waals surface area contributed by atoms with Gasteiger partial charge in [0.1, 0.15) is 0 Å². The van der Waals surface area contributed by atoms with Crippen LogP contribution in [0.4, 0.5) is 8.78 Å². The van der Waals surface area contributed by atoms with Crippen LogP contribution in [0.5, 0.6) is 0 Å². The van der Waals surface area contributed by atoms with Crippen LogP contribution in [0.25, 0.3) is 0 Å². The Morgan fingerprint density at radius 1 is 1.38 bits per heavy atom. The number of ether oxygens (including phenoxy) is 1. The summed E-state index contributed by atoms with van der Waals surface area (Å²) in [5, 5.41) is 0. The van der Waals surface area contributed by atoms with Gasteiger partial charge in [0.15, 0.2) is 0 Å². The number of alkyl halides is 2. The molecule has 0 aromatic carbocycles. The van der Waals surface area contributed by atoms with Crippen LogP contribution in [0.15, 0.2) is 0 Å². The number of hydrogen-bond acceptors (Lipinski definition) is 2. The molecule has 0 bridgehead atoms. The molecule has 76 valence electrons. The zero-order chi connectivity index (χ0) is 9.47. The van der Waals surface area contributed by atoms with Crippen LogP contribution in [0.3, 0.4) is 0 Å². The third kappa shape index (κ3) is 1.70. The molecule has 2 aliphatic heterocycles. The molecule has 4 heteroatoms. The summed E-state index contributed by atoms with van der Waals surface area (Å²) in [7, 11) is 0. The lowest BCUT2D eigenvalue weighted by Crippen LogP contribution is -2.57. The van der Waals surface area contributed by atoms with E-state index in [9.17, 15) is 8.78 Å². The van der Waals surface area contributed by atoms with Crippen molar-refractivity contribution in [2.75, 3.05) is 26.3 Å². The molecule has 0 aliphatic carbocycles. The van der Waals surface area contributed by atoms with E-state index < -0.39 is 11.8 Å². The third-order valence-electron chi connectivity index (χ3n) is 3.12. The Kier molecular flexibility index (Phi) is 2.28. The number of hydrogen-bond donors (Lipinski definition) is 0. The van der Waals surface area contributed by atoms with Crippen molar-refractivity contribution in [3.05, 3.63) is 0 Å². The van der Waals surface area contributed by atoms with E-state index in [0.29, 0.717) is 19.6 Å². The molecule has 2 heterocycles. The van der Waals surface area contributed by atoms with Crippen molar-refractivity contribution in [1.29, 1.82) is 0 Å². The van der Waals surface area contributed by atoms with Crippen molar-refractivity contribution in [2.24, 2.45) is 5.92 Å². The highest BCUT2D eigenvalue weighted by molar-refractivity contribution is 4.89. The highest BCUT2D eigenvalue weighted by Gasteiger charge is 2.44. The largest absolute Gasteiger partial charge is 0.378 e. The van der Waals surface area contributed by atoms with Crippen molar-refractivity contribution in [1.82, 2.24) is 4.90 Å². The Labute approximate surface area is 76.9 Å². The second kappa shape index (κ2) is 3.17. The van der Waals surface area contributed by atoms with Crippen molar-refractivity contribution in [3.63, 3.8) is 0 Å². The number of nitrogens with zero attached hydrogens (tertiary/aromatic N) is 1. The summed E-state index contributed by atoms with van der Waals surface area (Å²) in [4.78, 5) is 1.86. The fourth-order valence-corrected chi connectivity index (χ4v) is 1.82. The van der Waals surface area contributed by atoms with Crippen LogP contribution in [-0.4, -0.2) is 43.2 Å². The molecule has 0 saturated carbocycles. The van der Waals surface area contributed by atoms with E-state index >= 15 is 0 Å². The van der Waals surface area contributed by atoms with Gasteiger partial charge in [-0.1, -0.05) is 6.92 Å². The van der Waals surface area contributed by atoms with Gasteiger partial charge in [-0.3, -0.25) is 4.90 Å². The van der Waals surface area contributed by atoms with Gasteiger partial charge in [0, 0.05) is 5.92 Å². The zero-order valence-electron chi connectivity index (χ0n) is 7.80. The molecular weight excluding hydrogens is 176 g/mol. The molecule has 2 aliphatic rings. The third-order valence-corrected chi connectivity index (χ3v) is 3.12. The van der Waals surface area contributed by atoms with Crippen molar-refractivity contribution < 1.29 is 13.5 Å². The molecule has 1 unspecified atom stereocenters. The Balaban J connectivity index is 1.94. The lowest BCUT2D eigenvalue weighted by atomic mass is 9.93. The summed E-state index contributed by atoms with van der Waals surface area (Å²) in [5.41, 5.74) is 0. The van der Waals surface area contributed by atoms with Gasteiger partial charge in [0.2, 0.25) is 0 Å². The number of likely N-dealkylation sites (tertiary alicyclic amines) is 1. The number of halogens is 2. The Hall–Kier alpha value is -0.220. The Morgan fingerprint density at radius 3 is 2.54 bits per heavy atom. The van der Waals surface area contributed by atoms with Crippen molar-refractivity contribution >= 4 is 0 Å². The summed E-state index contributed by atoms with van der Waals surface area (Å²) < 4.78 is 31.6. The van der Waals surface area contributed by atoms with Crippen LogP contribution in [0, 0.1) is 5.92 Å². The van der Waals surface area contributed by atoms with Gasteiger partial charge in [-0.15, -0.1) is 0 Å². The molecule has 2 rings (SSSR count). The van der Waals surface area contributed by atoms with Gasteiger partial charge in [0.05, 0.1) is 25.8 Å². The predicted molar refractivity (Wildman–Crippen MR) is 44.9 cm³/mol. The molecule has 0 aromatic rings. The first kappa shape index (κ1) is 9.34. The maximum atomic E-state index is 13.3. The minimum Gasteiger partial charge on any atom is -0.378 e. The first-order valence-corrected chi connectivity index (χ1v) is 4.79. The molecule has 0 N–H and O–H groups in total. The average Bonchev–Trinajstić information content (AvgIpc) is 1.92. The highest BCUT2D eigenvalue weighted by Crippen LogP contribution is 2.33. The van der Waals surface area contributed by atoms with E-state index in [2.05, 4.69) is 0 Å². The van der Waals surface area contributed by atoms with E-state index in [1.165, 1.54) is 0 Å². The van der Waals surface area contributed by atoms with Gasteiger partial charge in [0.25, 0.3) is 5.92 Å². The monoisotopic (exact) mass is 191 g/mol. The van der Waals surface area contributed by atoms with Gasteiger partial charge in [-0.2, -0.15) is 0 Å². The average molecular weight is 191 g/mol. The summed E-state index contributed by atoms with van der Waals surface area (Å²) in [5.74, 6) is -2.97. The second-order valence-electron chi connectivity index (χ2n) is 4.11. The lowest BCUT2D eigenvalue weighted by Gasteiger charge is -2.43. The maximum Gasteiger partial charge on any atom is 0.263 e. The Morgan fingerprint density at radius 2 is 2.08 bits per heavy atom. The fraction of sp³-hybridized carbons (Fsp3) is 1.00. The summed E-state index contributed by atoms with van der Waals surface area (Å²) in [6.07, 6.45) is 0.601. The second-order valence-corrected chi connectivity index (χ2v) is 4.11. The summed E-state index contributed by atoms with van der Waals surface area (Å²) >= 11 is 0. The van der Waals surface area contributed by atoms with E-state index in [-0.39, 0.29) is 12.6 Å². The van der Waals surface area contributed by atoms with Gasteiger partial charge < -0.3 is 4.74 Å². The molecule has 2 saturated heterocycles. The minimum absolute atomic E-state index is 0.0812.